The molecular weight excluding hydrogens is 572 g/mol. The zero-order valence-electron chi connectivity index (χ0n) is 21.3. The number of nitrogens with zero attached hydrogens (tertiary/aromatic N) is 7. The van der Waals surface area contributed by atoms with Crippen LogP contribution in [-0.4, -0.2) is 52.5 Å². The van der Waals surface area contributed by atoms with Crippen molar-refractivity contribution in [3.63, 3.8) is 0 Å². The SMILES string of the molecule is NC(=O)c1nc(-c2cn3ncnc3c(CCCC(F)(F)F)n2)nc2c1C(c1ccc(C(F)(F)F)cn1)(C1CC1)C(=O)N2. The highest BCUT2D eigenvalue weighted by Gasteiger charge is 2.61. The van der Waals surface area contributed by atoms with Gasteiger partial charge in [-0.25, -0.2) is 24.5 Å². The van der Waals surface area contributed by atoms with E-state index in [0.717, 1.165) is 12.1 Å². The van der Waals surface area contributed by atoms with Crippen molar-refractivity contribution in [3.05, 3.63) is 59.1 Å². The number of amides is 2. The predicted octanol–water partition coefficient (Wildman–Crippen LogP) is 3.63. The number of pyridine rings is 1. The van der Waals surface area contributed by atoms with Crippen LogP contribution in [-0.2, 0) is 22.8 Å². The summed E-state index contributed by atoms with van der Waals surface area (Å²) in [5.41, 5.74) is 2.99. The molecule has 1 aliphatic carbocycles. The molecule has 42 heavy (non-hydrogen) atoms. The van der Waals surface area contributed by atoms with Gasteiger partial charge in [-0.3, -0.25) is 14.6 Å². The number of aromatic nitrogens is 7. The minimum atomic E-state index is -4.66. The fourth-order valence-corrected chi connectivity index (χ4v) is 5.31. The van der Waals surface area contributed by atoms with E-state index in [1.165, 1.54) is 17.0 Å². The number of nitrogens with two attached hydrogens (primary N) is 1. The first-order chi connectivity index (χ1) is 19.8. The molecule has 11 nitrogen and oxygen atoms in total. The summed E-state index contributed by atoms with van der Waals surface area (Å²) in [5, 5.41) is 6.63. The van der Waals surface area contributed by atoms with E-state index in [9.17, 15) is 35.9 Å². The maximum atomic E-state index is 13.6. The van der Waals surface area contributed by atoms with Crippen molar-refractivity contribution in [1.82, 2.24) is 34.5 Å². The number of alkyl halides is 6. The minimum absolute atomic E-state index is 0.00568. The summed E-state index contributed by atoms with van der Waals surface area (Å²) < 4.78 is 79.2. The van der Waals surface area contributed by atoms with Gasteiger partial charge in [-0.15, -0.1) is 0 Å². The van der Waals surface area contributed by atoms with Crippen molar-refractivity contribution in [2.24, 2.45) is 11.7 Å². The van der Waals surface area contributed by atoms with Crippen molar-refractivity contribution in [1.29, 1.82) is 0 Å². The monoisotopic (exact) mass is 591 g/mol. The molecule has 2 amide bonds. The van der Waals surface area contributed by atoms with Gasteiger partial charge in [-0.2, -0.15) is 31.4 Å². The van der Waals surface area contributed by atoms with Crippen LogP contribution in [0.5, 0.6) is 0 Å². The number of nitrogens with one attached hydrogen (secondary N) is 1. The number of fused-ring (bicyclic) bond motifs is 2. The van der Waals surface area contributed by atoms with E-state index in [1.807, 2.05) is 0 Å². The molecule has 1 saturated carbocycles. The number of anilines is 1. The van der Waals surface area contributed by atoms with Crippen molar-refractivity contribution < 1.29 is 35.9 Å². The van der Waals surface area contributed by atoms with Crippen LogP contribution in [0, 0.1) is 5.92 Å². The lowest BCUT2D eigenvalue weighted by atomic mass is 9.73. The van der Waals surface area contributed by atoms with Crippen LogP contribution in [0.3, 0.4) is 0 Å². The number of hydrogen-bond donors (Lipinski definition) is 2. The quantitative estimate of drug-likeness (QED) is 0.309. The molecule has 218 valence electrons. The maximum Gasteiger partial charge on any atom is 0.417 e. The Balaban J connectivity index is 1.48. The van der Waals surface area contributed by atoms with Gasteiger partial charge in [-0.05, 0) is 43.7 Å². The van der Waals surface area contributed by atoms with Gasteiger partial charge in [0, 0.05) is 18.2 Å². The minimum Gasteiger partial charge on any atom is -0.364 e. The van der Waals surface area contributed by atoms with Crippen LogP contribution < -0.4 is 11.1 Å². The van der Waals surface area contributed by atoms with Crippen LogP contribution >= 0.6 is 0 Å². The predicted molar refractivity (Wildman–Crippen MR) is 131 cm³/mol. The summed E-state index contributed by atoms with van der Waals surface area (Å²) in [6.45, 7) is 0. The van der Waals surface area contributed by atoms with Crippen molar-refractivity contribution in [2.45, 2.75) is 49.9 Å². The number of carbonyl (C=O) groups is 2. The molecule has 0 bridgehead atoms. The van der Waals surface area contributed by atoms with Gasteiger partial charge in [-0.1, -0.05) is 0 Å². The smallest absolute Gasteiger partial charge is 0.364 e. The molecule has 0 spiro atoms. The van der Waals surface area contributed by atoms with Crippen LogP contribution in [0.2, 0.25) is 0 Å². The van der Waals surface area contributed by atoms with Crippen molar-refractivity contribution in [3.8, 4) is 11.5 Å². The van der Waals surface area contributed by atoms with Gasteiger partial charge < -0.3 is 11.1 Å². The lowest BCUT2D eigenvalue weighted by Crippen LogP contribution is -2.40. The summed E-state index contributed by atoms with van der Waals surface area (Å²) >= 11 is 0. The van der Waals surface area contributed by atoms with Crippen molar-refractivity contribution in [2.75, 3.05) is 5.32 Å². The Morgan fingerprint density at radius 1 is 1.10 bits per heavy atom. The number of halogens is 6. The first-order valence-electron chi connectivity index (χ1n) is 12.6. The average Bonchev–Trinajstić information content (AvgIpc) is 3.56. The largest absolute Gasteiger partial charge is 0.417 e. The molecule has 1 aliphatic heterocycles. The van der Waals surface area contributed by atoms with E-state index in [-0.39, 0.29) is 58.5 Å². The number of aryl methyl sites for hydroxylation is 1. The second-order valence-corrected chi connectivity index (χ2v) is 10.0. The standard InChI is InChI=1S/C25H19F6N9O2/c26-23(27,28)7-1-2-13-21-34-10-35-40(21)9-14(36-13)19-37-17(18(32)41)16-20(38-19)39-22(42)24(16,11-3-4-11)15-6-5-12(8-33-15)25(29,30)31/h5-6,8-11H,1-4,7H2,(H2,32,41)(H,37,38,39,42). The summed E-state index contributed by atoms with van der Waals surface area (Å²) in [6, 6.07) is 1.89. The van der Waals surface area contributed by atoms with Gasteiger partial charge in [0.2, 0.25) is 5.91 Å². The molecule has 4 aromatic heterocycles. The van der Waals surface area contributed by atoms with Crippen molar-refractivity contribution >= 4 is 23.3 Å². The molecule has 0 radical (unpaired) electrons. The van der Waals surface area contributed by atoms with Crippen LogP contribution in [0.4, 0.5) is 32.2 Å². The lowest BCUT2D eigenvalue weighted by molar-refractivity contribution is -0.138. The second kappa shape index (κ2) is 9.42. The molecule has 2 aliphatic rings. The van der Waals surface area contributed by atoms with E-state index in [1.54, 1.807) is 0 Å². The highest BCUT2D eigenvalue weighted by Crippen LogP contribution is 2.56. The molecule has 1 fully saturated rings. The van der Waals surface area contributed by atoms with Gasteiger partial charge in [0.1, 0.15) is 28.9 Å². The second-order valence-electron chi connectivity index (χ2n) is 10.0. The lowest BCUT2D eigenvalue weighted by Gasteiger charge is -2.28. The molecule has 0 aromatic carbocycles. The summed E-state index contributed by atoms with van der Waals surface area (Å²) in [5.74, 6) is -2.42. The van der Waals surface area contributed by atoms with Gasteiger partial charge >= 0.3 is 12.4 Å². The van der Waals surface area contributed by atoms with E-state index < -0.39 is 47.5 Å². The molecule has 6 rings (SSSR count). The highest BCUT2D eigenvalue weighted by atomic mass is 19.4. The van der Waals surface area contributed by atoms with E-state index in [0.29, 0.717) is 19.0 Å². The Morgan fingerprint density at radius 3 is 2.48 bits per heavy atom. The third kappa shape index (κ3) is 4.57. The van der Waals surface area contributed by atoms with E-state index in [4.69, 9.17) is 5.73 Å². The van der Waals surface area contributed by atoms with E-state index >= 15 is 0 Å². The topological polar surface area (TPSA) is 154 Å². The normalized spacial score (nSPS) is 18.8. The zero-order valence-corrected chi connectivity index (χ0v) is 21.3. The third-order valence-corrected chi connectivity index (χ3v) is 7.25. The third-order valence-electron chi connectivity index (χ3n) is 7.25. The first kappa shape index (κ1) is 27.5. The van der Waals surface area contributed by atoms with Crippen LogP contribution in [0.25, 0.3) is 17.2 Å². The molecule has 1 unspecified atom stereocenters. The Bertz CT molecular complexity index is 1730. The van der Waals surface area contributed by atoms with Crippen LogP contribution in [0.15, 0.2) is 30.9 Å². The summed E-state index contributed by atoms with van der Waals surface area (Å²) in [4.78, 5) is 47.4. The number of rotatable bonds is 7. The fourth-order valence-electron chi connectivity index (χ4n) is 5.31. The highest BCUT2D eigenvalue weighted by molar-refractivity contribution is 6.11. The Hall–Kier alpha value is -4.70. The first-order valence-corrected chi connectivity index (χ1v) is 12.6. The maximum absolute atomic E-state index is 13.6. The van der Waals surface area contributed by atoms with Gasteiger partial charge in [0.05, 0.1) is 23.1 Å². The molecule has 5 heterocycles. The van der Waals surface area contributed by atoms with Crippen LogP contribution in [0.1, 0.15) is 58.7 Å². The molecule has 1 atom stereocenters. The summed E-state index contributed by atoms with van der Waals surface area (Å²) in [7, 11) is 0. The number of carbonyl (C=O) groups excluding carboxylic acids is 2. The zero-order chi connectivity index (χ0) is 30.0. The van der Waals surface area contributed by atoms with E-state index in [2.05, 4.69) is 35.3 Å². The molecule has 17 heteroatoms. The number of primary amides is 1. The van der Waals surface area contributed by atoms with Gasteiger partial charge in [0.25, 0.3) is 5.91 Å². The molecule has 4 aromatic rings. The average molecular weight is 591 g/mol. The Labute approximate surface area is 231 Å². The summed E-state index contributed by atoms with van der Waals surface area (Å²) in [6.07, 6.45) is -6.27. The molecular formula is C25H19F6N9O2. The Kier molecular flexibility index (Phi) is 6.16. The van der Waals surface area contributed by atoms with Gasteiger partial charge in [0.15, 0.2) is 11.5 Å². The Morgan fingerprint density at radius 2 is 1.86 bits per heavy atom. The fraction of sp³-hybridized carbons (Fsp3) is 0.360. The molecule has 0 saturated heterocycles. The number of hydrogen-bond acceptors (Lipinski definition) is 8. The molecule has 3 N–H and O–H groups in total.